The summed E-state index contributed by atoms with van der Waals surface area (Å²) in [6.45, 7) is 2.67. The first-order valence-corrected chi connectivity index (χ1v) is 11.0. The molecule has 4 rings (SSSR count). The Bertz CT molecular complexity index is 1020. The van der Waals surface area contributed by atoms with Crippen LogP contribution in [0.3, 0.4) is 0 Å². The van der Waals surface area contributed by atoms with Gasteiger partial charge in [-0.1, -0.05) is 43.3 Å². The zero-order chi connectivity index (χ0) is 22.0. The third-order valence-electron chi connectivity index (χ3n) is 6.40. The lowest BCUT2D eigenvalue weighted by molar-refractivity contribution is -0.140. The number of ether oxygens (including phenoxy) is 1. The topological polar surface area (TPSA) is 66.8 Å². The number of likely N-dealkylation sites (tertiary alicyclic amines) is 1. The van der Waals surface area contributed by atoms with Crippen LogP contribution in [0.5, 0.6) is 0 Å². The number of rotatable bonds is 6. The van der Waals surface area contributed by atoms with Gasteiger partial charge in [-0.3, -0.25) is 9.59 Å². The standard InChI is InChI=1S/C26H29NO4/c1-3-17-8-10-19(11-9-17)23-22(25(29)26(30)27(23)14-15-31-2)24(28)21-13-12-18-6-4-5-7-20(18)16-21/h8-13,16,23,28H,3-7,14-15H2,1-2H3/b24-22-. The van der Waals surface area contributed by atoms with Crippen molar-refractivity contribution in [1.82, 2.24) is 4.90 Å². The monoisotopic (exact) mass is 419 g/mol. The van der Waals surface area contributed by atoms with Crippen LogP contribution >= 0.6 is 0 Å². The Kier molecular flexibility index (Phi) is 6.23. The predicted molar refractivity (Wildman–Crippen MR) is 120 cm³/mol. The highest BCUT2D eigenvalue weighted by atomic mass is 16.5. The van der Waals surface area contributed by atoms with Crippen LogP contribution in [-0.4, -0.2) is 42.0 Å². The lowest BCUT2D eigenvalue weighted by atomic mass is 9.88. The van der Waals surface area contributed by atoms with Crippen molar-refractivity contribution in [2.24, 2.45) is 0 Å². The molecule has 1 aliphatic heterocycles. The minimum absolute atomic E-state index is 0.101. The largest absolute Gasteiger partial charge is 0.507 e. The second kappa shape index (κ2) is 9.06. The van der Waals surface area contributed by atoms with Gasteiger partial charge in [-0.05, 0) is 60.4 Å². The van der Waals surface area contributed by atoms with Crippen molar-refractivity contribution in [2.75, 3.05) is 20.3 Å². The van der Waals surface area contributed by atoms with Crippen LogP contribution in [-0.2, 0) is 33.6 Å². The Balaban J connectivity index is 1.81. The molecule has 1 fully saturated rings. The molecule has 1 atom stereocenters. The second-order valence-electron chi connectivity index (χ2n) is 8.27. The summed E-state index contributed by atoms with van der Waals surface area (Å²) >= 11 is 0. The van der Waals surface area contributed by atoms with Gasteiger partial charge in [0, 0.05) is 19.2 Å². The van der Waals surface area contributed by atoms with Gasteiger partial charge in [0.25, 0.3) is 11.7 Å². The number of aryl methyl sites for hydroxylation is 3. The fraction of sp³-hybridized carbons (Fsp3) is 0.385. The van der Waals surface area contributed by atoms with Crippen molar-refractivity contribution in [2.45, 2.75) is 45.1 Å². The van der Waals surface area contributed by atoms with E-state index in [1.807, 2.05) is 42.5 Å². The average Bonchev–Trinajstić information content (AvgIpc) is 3.06. The summed E-state index contributed by atoms with van der Waals surface area (Å²) in [7, 11) is 1.56. The first-order valence-electron chi connectivity index (χ1n) is 11.0. The predicted octanol–water partition coefficient (Wildman–Crippen LogP) is 4.20. The summed E-state index contributed by atoms with van der Waals surface area (Å²) in [6.07, 6.45) is 5.22. The lowest BCUT2D eigenvalue weighted by Gasteiger charge is -2.25. The van der Waals surface area contributed by atoms with Crippen LogP contribution in [0.1, 0.15) is 53.6 Å². The Labute approximate surface area is 183 Å². The fourth-order valence-electron chi connectivity index (χ4n) is 4.62. The zero-order valence-corrected chi connectivity index (χ0v) is 18.2. The molecule has 2 aliphatic rings. The molecule has 2 aromatic carbocycles. The molecule has 5 nitrogen and oxygen atoms in total. The number of Topliss-reactive ketones (excluding diaryl/α,β-unsaturated/α-hetero) is 1. The fourth-order valence-corrected chi connectivity index (χ4v) is 4.62. The van der Waals surface area contributed by atoms with E-state index in [0.717, 1.165) is 31.2 Å². The van der Waals surface area contributed by atoms with E-state index in [9.17, 15) is 14.7 Å². The summed E-state index contributed by atoms with van der Waals surface area (Å²) in [5, 5.41) is 11.2. The number of hydrogen-bond acceptors (Lipinski definition) is 4. The molecule has 1 N–H and O–H groups in total. The van der Waals surface area contributed by atoms with Crippen molar-refractivity contribution in [3.05, 3.63) is 75.9 Å². The van der Waals surface area contributed by atoms with E-state index in [2.05, 4.69) is 6.92 Å². The molecule has 2 aromatic rings. The van der Waals surface area contributed by atoms with Gasteiger partial charge in [0.2, 0.25) is 0 Å². The van der Waals surface area contributed by atoms with Crippen molar-refractivity contribution in [1.29, 1.82) is 0 Å². The van der Waals surface area contributed by atoms with Gasteiger partial charge in [0.05, 0.1) is 18.2 Å². The number of carbonyl (C=O) groups excluding carboxylic acids is 2. The van der Waals surface area contributed by atoms with Gasteiger partial charge < -0.3 is 14.7 Å². The molecular weight excluding hydrogens is 390 g/mol. The summed E-state index contributed by atoms with van der Waals surface area (Å²) in [5.74, 6) is -1.34. The number of methoxy groups -OCH3 is 1. The molecule has 0 aromatic heterocycles. The van der Waals surface area contributed by atoms with Crippen molar-refractivity contribution in [3.63, 3.8) is 0 Å². The molecule has 162 valence electrons. The molecule has 0 radical (unpaired) electrons. The number of fused-ring (bicyclic) bond motifs is 1. The van der Waals surface area contributed by atoms with Gasteiger partial charge in [-0.2, -0.15) is 0 Å². The maximum Gasteiger partial charge on any atom is 0.295 e. The first-order chi connectivity index (χ1) is 15.0. The van der Waals surface area contributed by atoms with E-state index >= 15 is 0 Å². The number of nitrogens with zero attached hydrogens (tertiary/aromatic N) is 1. The number of benzene rings is 2. The zero-order valence-electron chi connectivity index (χ0n) is 18.2. The third kappa shape index (κ3) is 4.02. The third-order valence-corrected chi connectivity index (χ3v) is 6.40. The Morgan fingerprint density at radius 2 is 1.77 bits per heavy atom. The summed E-state index contributed by atoms with van der Waals surface area (Å²) in [5.41, 5.74) is 5.25. The van der Waals surface area contributed by atoms with Gasteiger partial charge in [-0.15, -0.1) is 0 Å². The minimum Gasteiger partial charge on any atom is -0.507 e. The lowest BCUT2D eigenvalue weighted by Crippen LogP contribution is -2.32. The second-order valence-corrected chi connectivity index (χ2v) is 8.27. The number of carbonyl (C=O) groups is 2. The Morgan fingerprint density at radius 1 is 1.06 bits per heavy atom. The normalized spacial score (nSPS) is 20.2. The van der Waals surface area contributed by atoms with E-state index in [1.54, 1.807) is 7.11 Å². The van der Waals surface area contributed by atoms with E-state index in [4.69, 9.17) is 4.74 Å². The number of amides is 1. The van der Waals surface area contributed by atoms with Gasteiger partial charge >= 0.3 is 0 Å². The molecule has 1 unspecified atom stereocenters. The van der Waals surface area contributed by atoms with Crippen LogP contribution in [0.4, 0.5) is 0 Å². The van der Waals surface area contributed by atoms with E-state index in [0.29, 0.717) is 12.2 Å². The number of aliphatic hydroxyl groups excluding tert-OH is 1. The highest BCUT2D eigenvalue weighted by Crippen LogP contribution is 2.39. The summed E-state index contributed by atoms with van der Waals surface area (Å²) in [4.78, 5) is 27.4. The van der Waals surface area contributed by atoms with Crippen LogP contribution in [0.15, 0.2) is 48.0 Å². The smallest absolute Gasteiger partial charge is 0.295 e. The van der Waals surface area contributed by atoms with Gasteiger partial charge in [0.15, 0.2) is 0 Å². The maximum atomic E-state index is 13.0. The highest BCUT2D eigenvalue weighted by Gasteiger charge is 2.45. The first kappa shape index (κ1) is 21.3. The maximum absolute atomic E-state index is 13.0. The minimum atomic E-state index is -0.643. The average molecular weight is 420 g/mol. The summed E-state index contributed by atoms with van der Waals surface area (Å²) < 4.78 is 5.17. The summed E-state index contributed by atoms with van der Waals surface area (Å²) in [6, 6.07) is 13.1. The van der Waals surface area contributed by atoms with Crippen molar-refractivity contribution in [3.8, 4) is 0 Å². The molecule has 5 heteroatoms. The molecule has 0 saturated carbocycles. The van der Waals surface area contributed by atoms with Crippen molar-refractivity contribution < 1.29 is 19.4 Å². The number of ketones is 1. The van der Waals surface area contributed by atoms with E-state index in [-0.39, 0.29) is 17.9 Å². The van der Waals surface area contributed by atoms with Gasteiger partial charge in [0.1, 0.15) is 5.76 Å². The van der Waals surface area contributed by atoms with Crippen LogP contribution in [0.2, 0.25) is 0 Å². The Hall–Kier alpha value is -2.92. The van der Waals surface area contributed by atoms with Crippen molar-refractivity contribution >= 4 is 17.4 Å². The van der Waals surface area contributed by atoms with E-state index in [1.165, 1.54) is 28.0 Å². The molecule has 0 bridgehead atoms. The molecule has 1 aliphatic carbocycles. The van der Waals surface area contributed by atoms with Crippen LogP contribution in [0, 0.1) is 0 Å². The van der Waals surface area contributed by atoms with Crippen LogP contribution in [0.25, 0.3) is 5.76 Å². The quantitative estimate of drug-likeness (QED) is 0.433. The molecule has 0 spiro atoms. The number of aliphatic hydroxyl groups is 1. The molecule has 1 amide bonds. The molecule has 1 saturated heterocycles. The molecular formula is C26H29NO4. The van der Waals surface area contributed by atoms with E-state index < -0.39 is 17.7 Å². The van der Waals surface area contributed by atoms with Gasteiger partial charge in [-0.25, -0.2) is 0 Å². The molecule has 1 heterocycles. The SMILES string of the molecule is CCc1ccc(C2/C(=C(/O)c3ccc4c(c3)CCCC4)C(=O)C(=O)N2CCOC)cc1. The van der Waals surface area contributed by atoms with Crippen LogP contribution < -0.4 is 0 Å². The molecule has 31 heavy (non-hydrogen) atoms. The Morgan fingerprint density at radius 3 is 2.45 bits per heavy atom. The number of hydrogen-bond donors (Lipinski definition) is 1. The highest BCUT2D eigenvalue weighted by molar-refractivity contribution is 6.46.